The molecule has 0 bridgehead atoms. The van der Waals surface area contributed by atoms with E-state index < -0.39 is 0 Å². The van der Waals surface area contributed by atoms with Gasteiger partial charge in [-0.15, -0.1) is 0 Å². The Morgan fingerprint density at radius 1 is 1.42 bits per heavy atom. The second-order valence-corrected chi connectivity index (χ2v) is 5.36. The summed E-state index contributed by atoms with van der Waals surface area (Å²) in [5, 5.41) is 12.7. The molecule has 1 atom stereocenters. The van der Waals surface area contributed by atoms with E-state index in [1.165, 1.54) is 0 Å². The van der Waals surface area contributed by atoms with Crippen molar-refractivity contribution in [2.45, 2.75) is 19.4 Å². The van der Waals surface area contributed by atoms with Gasteiger partial charge in [-0.25, -0.2) is 4.79 Å². The number of carbonyl (C=O) groups excluding carboxylic acids is 1. The van der Waals surface area contributed by atoms with Crippen molar-refractivity contribution in [2.24, 2.45) is 5.92 Å². The predicted molar refractivity (Wildman–Crippen MR) is 75.1 cm³/mol. The molecule has 1 aliphatic heterocycles. The number of piperidine rings is 1. The SMILES string of the molecule is O=C(NCc1ccc(Cl)cc1)N1CCCC(CO)C1. The van der Waals surface area contributed by atoms with Crippen LogP contribution in [-0.4, -0.2) is 35.7 Å². The second kappa shape index (κ2) is 6.78. The van der Waals surface area contributed by atoms with Crippen molar-refractivity contribution in [2.75, 3.05) is 19.7 Å². The Bertz CT molecular complexity index is 422. The molecule has 19 heavy (non-hydrogen) atoms. The molecule has 2 rings (SSSR count). The molecule has 1 aromatic rings. The summed E-state index contributed by atoms with van der Waals surface area (Å²) in [6.07, 6.45) is 1.96. The molecule has 0 aliphatic carbocycles. The van der Waals surface area contributed by atoms with E-state index in [0.29, 0.717) is 18.1 Å². The summed E-state index contributed by atoms with van der Waals surface area (Å²) >= 11 is 5.81. The third kappa shape index (κ3) is 4.11. The van der Waals surface area contributed by atoms with Crippen molar-refractivity contribution in [1.82, 2.24) is 10.2 Å². The molecule has 5 heteroatoms. The molecule has 1 fully saturated rings. The van der Waals surface area contributed by atoms with Gasteiger partial charge < -0.3 is 15.3 Å². The average Bonchev–Trinajstić information content (AvgIpc) is 2.46. The van der Waals surface area contributed by atoms with Gasteiger partial charge in [0.25, 0.3) is 0 Å². The maximum atomic E-state index is 12.0. The highest BCUT2D eigenvalue weighted by Gasteiger charge is 2.22. The molecule has 1 unspecified atom stereocenters. The Labute approximate surface area is 118 Å². The number of hydrogen-bond acceptors (Lipinski definition) is 2. The number of halogens is 1. The van der Waals surface area contributed by atoms with Gasteiger partial charge in [0.1, 0.15) is 0 Å². The molecule has 4 nitrogen and oxygen atoms in total. The number of aliphatic hydroxyl groups excluding tert-OH is 1. The molecule has 0 saturated carbocycles. The van der Waals surface area contributed by atoms with E-state index >= 15 is 0 Å². The van der Waals surface area contributed by atoms with Crippen LogP contribution in [0.4, 0.5) is 4.79 Å². The molecule has 1 aromatic carbocycles. The van der Waals surface area contributed by atoms with Crippen LogP contribution in [0, 0.1) is 5.92 Å². The van der Waals surface area contributed by atoms with Crippen LogP contribution in [0.3, 0.4) is 0 Å². The molecule has 104 valence electrons. The normalized spacial score (nSPS) is 19.3. The van der Waals surface area contributed by atoms with E-state index in [4.69, 9.17) is 16.7 Å². The van der Waals surface area contributed by atoms with E-state index in [2.05, 4.69) is 5.32 Å². The highest BCUT2D eigenvalue weighted by Crippen LogP contribution is 2.16. The van der Waals surface area contributed by atoms with Crippen LogP contribution in [-0.2, 0) is 6.54 Å². The van der Waals surface area contributed by atoms with Crippen molar-refractivity contribution in [3.05, 3.63) is 34.9 Å². The first-order valence-corrected chi connectivity index (χ1v) is 6.95. The summed E-state index contributed by atoms with van der Waals surface area (Å²) in [5.41, 5.74) is 1.02. The maximum absolute atomic E-state index is 12.0. The van der Waals surface area contributed by atoms with Crippen LogP contribution < -0.4 is 5.32 Å². The minimum atomic E-state index is -0.0619. The highest BCUT2D eigenvalue weighted by atomic mass is 35.5. The summed E-state index contributed by atoms with van der Waals surface area (Å²) in [5.74, 6) is 0.218. The summed E-state index contributed by atoms with van der Waals surface area (Å²) in [7, 11) is 0. The number of aliphatic hydroxyl groups is 1. The summed E-state index contributed by atoms with van der Waals surface area (Å²) < 4.78 is 0. The minimum Gasteiger partial charge on any atom is -0.396 e. The van der Waals surface area contributed by atoms with Gasteiger partial charge in [-0.3, -0.25) is 0 Å². The third-order valence-electron chi connectivity index (χ3n) is 3.42. The molecule has 0 radical (unpaired) electrons. The standard InChI is InChI=1S/C14H19ClN2O2/c15-13-5-3-11(4-6-13)8-16-14(19)17-7-1-2-12(9-17)10-18/h3-6,12,18H,1-2,7-10H2,(H,16,19). The minimum absolute atomic E-state index is 0.0619. The quantitative estimate of drug-likeness (QED) is 0.893. The number of carbonyl (C=O) groups is 1. The Kier molecular flexibility index (Phi) is 5.05. The zero-order chi connectivity index (χ0) is 13.7. The first-order valence-electron chi connectivity index (χ1n) is 6.57. The molecule has 1 heterocycles. The highest BCUT2D eigenvalue weighted by molar-refractivity contribution is 6.30. The number of rotatable bonds is 3. The smallest absolute Gasteiger partial charge is 0.317 e. The average molecular weight is 283 g/mol. The molecule has 2 amide bonds. The van der Waals surface area contributed by atoms with E-state index in [0.717, 1.165) is 24.9 Å². The topological polar surface area (TPSA) is 52.6 Å². The van der Waals surface area contributed by atoms with Crippen molar-refractivity contribution < 1.29 is 9.90 Å². The van der Waals surface area contributed by atoms with E-state index in [1.807, 2.05) is 24.3 Å². The number of hydrogen-bond donors (Lipinski definition) is 2. The van der Waals surface area contributed by atoms with Crippen LogP contribution in [0.5, 0.6) is 0 Å². The lowest BCUT2D eigenvalue weighted by Crippen LogP contribution is -2.45. The number of benzene rings is 1. The fraction of sp³-hybridized carbons (Fsp3) is 0.500. The number of likely N-dealkylation sites (tertiary alicyclic amines) is 1. The van der Waals surface area contributed by atoms with Gasteiger partial charge in [0.2, 0.25) is 0 Å². The lowest BCUT2D eigenvalue weighted by Gasteiger charge is -2.31. The first-order chi connectivity index (χ1) is 9.19. The van der Waals surface area contributed by atoms with Crippen molar-refractivity contribution >= 4 is 17.6 Å². The number of nitrogens with zero attached hydrogens (tertiary/aromatic N) is 1. The zero-order valence-corrected chi connectivity index (χ0v) is 11.6. The number of nitrogens with one attached hydrogen (secondary N) is 1. The summed E-state index contributed by atoms with van der Waals surface area (Å²) in [4.78, 5) is 13.8. The summed E-state index contributed by atoms with van der Waals surface area (Å²) in [6.45, 7) is 2.06. The number of amides is 2. The van der Waals surface area contributed by atoms with E-state index in [1.54, 1.807) is 4.90 Å². The lowest BCUT2D eigenvalue weighted by molar-refractivity contribution is 0.129. The van der Waals surface area contributed by atoms with Crippen molar-refractivity contribution in [1.29, 1.82) is 0 Å². The van der Waals surface area contributed by atoms with E-state index in [-0.39, 0.29) is 18.6 Å². The van der Waals surface area contributed by atoms with Gasteiger partial charge in [0.15, 0.2) is 0 Å². The van der Waals surface area contributed by atoms with Gasteiger partial charge in [-0.1, -0.05) is 23.7 Å². The first kappa shape index (κ1) is 14.2. The Morgan fingerprint density at radius 3 is 2.84 bits per heavy atom. The van der Waals surface area contributed by atoms with Crippen LogP contribution in [0.1, 0.15) is 18.4 Å². The fourth-order valence-corrected chi connectivity index (χ4v) is 2.42. The predicted octanol–water partition coefficient (Wildman–Crippen LogP) is 2.25. The largest absolute Gasteiger partial charge is 0.396 e. The zero-order valence-electron chi connectivity index (χ0n) is 10.8. The lowest BCUT2D eigenvalue weighted by atomic mass is 9.99. The van der Waals surface area contributed by atoms with Crippen LogP contribution in [0.15, 0.2) is 24.3 Å². The Morgan fingerprint density at radius 2 is 2.16 bits per heavy atom. The number of urea groups is 1. The molecule has 1 aliphatic rings. The van der Waals surface area contributed by atoms with Crippen LogP contribution in [0.25, 0.3) is 0 Å². The van der Waals surface area contributed by atoms with Gasteiger partial charge in [-0.2, -0.15) is 0 Å². The molecule has 2 N–H and O–H groups in total. The molecular formula is C14H19ClN2O2. The van der Waals surface area contributed by atoms with E-state index in [9.17, 15) is 4.79 Å². The molecule has 0 spiro atoms. The molecule has 1 saturated heterocycles. The van der Waals surface area contributed by atoms with Crippen LogP contribution >= 0.6 is 11.6 Å². The second-order valence-electron chi connectivity index (χ2n) is 4.92. The van der Waals surface area contributed by atoms with Crippen molar-refractivity contribution in [3.63, 3.8) is 0 Å². The Balaban J connectivity index is 1.82. The van der Waals surface area contributed by atoms with Crippen LogP contribution in [0.2, 0.25) is 5.02 Å². The van der Waals surface area contributed by atoms with Gasteiger partial charge in [-0.05, 0) is 36.5 Å². The molecular weight excluding hydrogens is 264 g/mol. The maximum Gasteiger partial charge on any atom is 0.317 e. The van der Waals surface area contributed by atoms with Crippen molar-refractivity contribution in [3.8, 4) is 0 Å². The summed E-state index contributed by atoms with van der Waals surface area (Å²) in [6, 6.07) is 7.36. The third-order valence-corrected chi connectivity index (χ3v) is 3.67. The van der Waals surface area contributed by atoms with Gasteiger partial charge >= 0.3 is 6.03 Å². The van der Waals surface area contributed by atoms with Gasteiger partial charge in [0, 0.05) is 31.3 Å². The Hall–Kier alpha value is -1.26. The fourth-order valence-electron chi connectivity index (χ4n) is 2.29. The molecule has 0 aromatic heterocycles. The van der Waals surface area contributed by atoms with Gasteiger partial charge in [0.05, 0.1) is 0 Å². The monoisotopic (exact) mass is 282 g/mol.